The minimum Gasteiger partial charge on any atom is -0.348 e. The van der Waals surface area contributed by atoms with Crippen LogP contribution in [0, 0.1) is 11.6 Å². The van der Waals surface area contributed by atoms with Gasteiger partial charge in [0.05, 0.1) is 12.3 Å². The Hall–Kier alpha value is -3.95. The molecule has 0 fully saturated rings. The largest absolute Gasteiger partial charge is 0.348 e. The number of nitrogens with one attached hydrogen (secondary N) is 2. The van der Waals surface area contributed by atoms with Crippen LogP contribution in [0.3, 0.4) is 0 Å². The summed E-state index contributed by atoms with van der Waals surface area (Å²) in [5.41, 5.74) is -1.10. The van der Waals surface area contributed by atoms with E-state index in [0.29, 0.717) is 23.5 Å². The third kappa shape index (κ3) is 5.32. The highest BCUT2D eigenvalue weighted by Gasteiger charge is 2.23. The molecule has 0 saturated heterocycles. The van der Waals surface area contributed by atoms with Crippen molar-refractivity contribution in [3.8, 4) is 17.2 Å². The minimum absolute atomic E-state index is 0.0213. The van der Waals surface area contributed by atoms with Gasteiger partial charge in [-0.15, -0.1) is 0 Å². The molecule has 4 aromatic rings. The number of carbonyl (C=O) groups excluding carboxylic acids is 1. The number of H-pyrrole nitrogens is 1. The molecule has 2 aromatic carbocycles. The molecule has 0 aliphatic heterocycles. The van der Waals surface area contributed by atoms with E-state index in [1.165, 1.54) is 23.7 Å². The molecule has 36 heavy (non-hydrogen) atoms. The van der Waals surface area contributed by atoms with Crippen molar-refractivity contribution in [3.63, 3.8) is 0 Å². The van der Waals surface area contributed by atoms with E-state index in [1.807, 2.05) is 0 Å². The predicted octanol–water partition coefficient (Wildman–Crippen LogP) is 3.40. The summed E-state index contributed by atoms with van der Waals surface area (Å²) in [6.07, 6.45) is 2.96. The lowest BCUT2D eigenvalue weighted by atomic mass is 10.1. The highest BCUT2D eigenvalue weighted by molar-refractivity contribution is 7.66. The summed E-state index contributed by atoms with van der Waals surface area (Å²) in [5, 5.41) is 7.13. The number of amides is 1. The molecule has 0 saturated carbocycles. The average Bonchev–Trinajstić information content (AvgIpc) is 3.37. The predicted molar refractivity (Wildman–Crippen MR) is 130 cm³/mol. The van der Waals surface area contributed by atoms with Crippen molar-refractivity contribution in [1.29, 1.82) is 0 Å². The second-order valence-corrected chi connectivity index (χ2v) is 10.3. The lowest BCUT2D eigenvalue weighted by Gasteiger charge is -2.14. The molecule has 2 heterocycles. The molecule has 2 aromatic heterocycles. The van der Waals surface area contributed by atoms with Gasteiger partial charge >= 0.3 is 0 Å². The van der Waals surface area contributed by atoms with Crippen LogP contribution in [0.5, 0.6) is 0 Å². The summed E-state index contributed by atoms with van der Waals surface area (Å²) in [4.78, 5) is 32.7. The second kappa shape index (κ2) is 10.3. The van der Waals surface area contributed by atoms with Gasteiger partial charge in [0.15, 0.2) is 0 Å². The standard InChI is InChI=1S/C24H22F2N5O4P/c1-3-35-36(2,34)17-8-5-15(6-9-17)14-27-22(32)20-21(18-10-7-16(25)13-19(18)26)29-24(30-23(20)33)31-12-4-11-28-31/h4-13H,3,14H2,1-2H3,(H,27,32)(H,29,30,33)/t36-/m1/s1. The van der Waals surface area contributed by atoms with Gasteiger partial charge in [0.25, 0.3) is 11.5 Å². The molecule has 2 N–H and O–H groups in total. The summed E-state index contributed by atoms with van der Waals surface area (Å²) in [7, 11) is -2.94. The summed E-state index contributed by atoms with van der Waals surface area (Å²) in [6, 6.07) is 11.0. The zero-order valence-electron chi connectivity index (χ0n) is 19.4. The van der Waals surface area contributed by atoms with Crippen molar-refractivity contribution in [2.24, 2.45) is 0 Å². The normalized spacial score (nSPS) is 12.8. The van der Waals surface area contributed by atoms with Crippen LogP contribution in [0.15, 0.2) is 65.7 Å². The third-order valence-electron chi connectivity index (χ3n) is 5.28. The van der Waals surface area contributed by atoms with Gasteiger partial charge in [0.2, 0.25) is 13.3 Å². The van der Waals surface area contributed by atoms with Crippen LogP contribution in [0.1, 0.15) is 22.8 Å². The first-order chi connectivity index (χ1) is 17.2. The minimum atomic E-state index is -2.94. The number of hydrogen-bond donors (Lipinski definition) is 2. The molecule has 0 aliphatic carbocycles. The molecule has 1 amide bonds. The highest BCUT2D eigenvalue weighted by Crippen LogP contribution is 2.40. The van der Waals surface area contributed by atoms with Crippen LogP contribution in [-0.4, -0.2) is 38.9 Å². The molecule has 0 aliphatic rings. The molecule has 0 bridgehead atoms. The van der Waals surface area contributed by atoms with E-state index < -0.39 is 36.0 Å². The fourth-order valence-electron chi connectivity index (χ4n) is 3.53. The zero-order valence-corrected chi connectivity index (χ0v) is 20.3. The van der Waals surface area contributed by atoms with E-state index >= 15 is 0 Å². The monoisotopic (exact) mass is 513 g/mol. The maximum atomic E-state index is 14.6. The number of rotatable bonds is 8. The van der Waals surface area contributed by atoms with E-state index in [2.05, 4.69) is 20.4 Å². The van der Waals surface area contributed by atoms with E-state index in [4.69, 9.17) is 4.52 Å². The molecular formula is C24H22F2N5O4P. The van der Waals surface area contributed by atoms with E-state index in [0.717, 1.165) is 12.1 Å². The summed E-state index contributed by atoms with van der Waals surface area (Å²) < 4.78 is 47.3. The Morgan fingerprint density at radius 3 is 2.58 bits per heavy atom. The maximum Gasteiger partial charge on any atom is 0.265 e. The van der Waals surface area contributed by atoms with Crippen LogP contribution < -0.4 is 16.2 Å². The Morgan fingerprint density at radius 2 is 1.94 bits per heavy atom. The van der Waals surface area contributed by atoms with Gasteiger partial charge in [-0.3, -0.25) is 19.1 Å². The smallest absolute Gasteiger partial charge is 0.265 e. The van der Waals surface area contributed by atoms with Crippen LogP contribution in [-0.2, 0) is 15.6 Å². The van der Waals surface area contributed by atoms with E-state index in [-0.39, 0.29) is 23.8 Å². The first kappa shape index (κ1) is 25.2. The van der Waals surface area contributed by atoms with Crippen molar-refractivity contribution >= 4 is 18.6 Å². The number of carbonyl (C=O) groups is 1. The summed E-state index contributed by atoms with van der Waals surface area (Å²) >= 11 is 0. The lowest BCUT2D eigenvalue weighted by Crippen LogP contribution is -2.32. The Balaban J connectivity index is 1.66. The topological polar surface area (TPSA) is 119 Å². The number of hydrogen-bond acceptors (Lipinski definition) is 6. The van der Waals surface area contributed by atoms with Gasteiger partial charge in [-0.05, 0) is 42.8 Å². The first-order valence-corrected chi connectivity index (χ1v) is 13.0. The van der Waals surface area contributed by atoms with Crippen molar-refractivity contribution < 1.29 is 22.7 Å². The number of aromatic nitrogens is 4. The van der Waals surface area contributed by atoms with E-state index in [1.54, 1.807) is 37.3 Å². The maximum absolute atomic E-state index is 14.6. The number of benzene rings is 2. The van der Waals surface area contributed by atoms with Gasteiger partial charge in [-0.1, -0.05) is 12.1 Å². The molecule has 12 heteroatoms. The van der Waals surface area contributed by atoms with Gasteiger partial charge in [0, 0.05) is 42.5 Å². The van der Waals surface area contributed by atoms with Gasteiger partial charge in [-0.2, -0.15) is 5.10 Å². The third-order valence-corrected chi connectivity index (χ3v) is 7.26. The second-order valence-electron chi connectivity index (χ2n) is 7.80. The summed E-state index contributed by atoms with van der Waals surface area (Å²) in [6.45, 7) is 3.61. The molecule has 186 valence electrons. The fraction of sp³-hybridized carbons (Fsp3) is 0.167. The van der Waals surface area contributed by atoms with Crippen molar-refractivity contribution in [3.05, 3.63) is 94.0 Å². The SMILES string of the molecule is CCO[P@@](C)(=O)c1ccc(CNC(=O)c2c(-c3ccc(F)cc3F)nc(-n3cccn3)[nH]c2=O)cc1. The van der Waals surface area contributed by atoms with Crippen LogP contribution in [0.4, 0.5) is 8.78 Å². The fourth-order valence-corrected chi connectivity index (χ4v) is 4.86. The van der Waals surface area contributed by atoms with Crippen molar-refractivity contribution in [1.82, 2.24) is 25.1 Å². The molecule has 9 nitrogen and oxygen atoms in total. The van der Waals surface area contributed by atoms with Gasteiger partial charge in [0.1, 0.15) is 17.2 Å². The molecular weight excluding hydrogens is 491 g/mol. The molecule has 0 spiro atoms. The Bertz CT molecular complexity index is 1500. The Morgan fingerprint density at radius 1 is 1.19 bits per heavy atom. The Kier molecular flexibility index (Phi) is 7.23. The molecule has 0 radical (unpaired) electrons. The van der Waals surface area contributed by atoms with Gasteiger partial charge < -0.3 is 9.84 Å². The summed E-state index contributed by atoms with van der Waals surface area (Å²) in [5.74, 6) is -2.66. The number of halogens is 2. The van der Waals surface area contributed by atoms with Gasteiger partial charge in [-0.25, -0.2) is 18.4 Å². The van der Waals surface area contributed by atoms with Crippen LogP contribution in [0.25, 0.3) is 17.2 Å². The lowest BCUT2D eigenvalue weighted by molar-refractivity contribution is 0.0949. The highest BCUT2D eigenvalue weighted by atomic mass is 31.2. The molecule has 4 rings (SSSR count). The molecule has 0 unspecified atom stereocenters. The quantitative estimate of drug-likeness (QED) is 0.349. The first-order valence-electron chi connectivity index (χ1n) is 10.9. The van der Waals surface area contributed by atoms with E-state index in [9.17, 15) is 22.9 Å². The van der Waals surface area contributed by atoms with Crippen LogP contribution in [0.2, 0.25) is 0 Å². The Labute approximate surface area is 204 Å². The zero-order chi connectivity index (χ0) is 25.9. The van der Waals surface area contributed by atoms with Crippen molar-refractivity contribution in [2.45, 2.75) is 13.5 Å². The number of nitrogens with zero attached hydrogens (tertiary/aromatic N) is 3. The number of aromatic amines is 1. The van der Waals surface area contributed by atoms with Crippen molar-refractivity contribution in [2.75, 3.05) is 13.3 Å². The molecule has 1 atom stereocenters. The average molecular weight is 513 g/mol. The van der Waals surface area contributed by atoms with Crippen LogP contribution >= 0.6 is 7.37 Å².